The molecule has 2 aromatic rings. The predicted octanol–water partition coefficient (Wildman–Crippen LogP) is 1.48. The molecule has 0 spiro atoms. The first-order chi connectivity index (χ1) is 12.3. The first-order valence-corrected chi connectivity index (χ1v) is 8.58. The average molecular weight is 339 g/mol. The Morgan fingerprint density at radius 1 is 1.24 bits per heavy atom. The standard InChI is InChI=1S/C19H21N3O3/c20-11-15-10-13-2-1-3-16(18(13)25-15)17-5-4-14(12-21-17)19(23)22-6-8-24-9-7-22/h1-5,12,15H,6-11,20H2/t15-/m1/s1. The number of benzene rings is 1. The highest BCUT2D eigenvalue weighted by Crippen LogP contribution is 2.37. The van der Waals surface area contributed by atoms with Gasteiger partial charge in [-0.1, -0.05) is 12.1 Å². The zero-order valence-corrected chi connectivity index (χ0v) is 14.0. The normalized spacial score (nSPS) is 19.4. The van der Waals surface area contributed by atoms with Crippen LogP contribution in [0.1, 0.15) is 15.9 Å². The molecule has 2 aliphatic heterocycles. The van der Waals surface area contributed by atoms with Crippen LogP contribution in [0.2, 0.25) is 0 Å². The number of nitrogens with two attached hydrogens (primary N) is 1. The molecule has 1 aromatic carbocycles. The van der Waals surface area contributed by atoms with Crippen molar-refractivity contribution in [3.8, 4) is 17.0 Å². The number of para-hydroxylation sites is 1. The summed E-state index contributed by atoms with van der Waals surface area (Å²) in [6.07, 6.45) is 2.49. The monoisotopic (exact) mass is 339 g/mol. The Morgan fingerprint density at radius 2 is 2.08 bits per heavy atom. The maximum absolute atomic E-state index is 12.5. The van der Waals surface area contributed by atoms with Gasteiger partial charge in [-0.25, -0.2) is 0 Å². The van der Waals surface area contributed by atoms with Gasteiger partial charge in [0.2, 0.25) is 0 Å². The third-order valence-electron chi connectivity index (χ3n) is 4.68. The molecule has 6 heteroatoms. The van der Waals surface area contributed by atoms with Gasteiger partial charge in [0.15, 0.2) is 0 Å². The first kappa shape index (κ1) is 16.1. The lowest BCUT2D eigenvalue weighted by Crippen LogP contribution is -2.40. The highest BCUT2D eigenvalue weighted by molar-refractivity contribution is 5.94. The van der Waals surface area contributed by atoms with Gasteiger partial charge < -0.3 is 20.1 Å². The molecular weight excluding hydrogens is 318 g/mol. The third-order valence-corrected chi connectivity index (χ3v) is 4.68. The van der Waals surface area contributed by atoms with Crippen LogP contribution in [-0.4, -0.2) is 54.7 Å². The second-order valence-electron chi connectivity index (χ2n) is 6.31. The molecule has 1 fully saturated rings. The van der Waals surface area contributed by atoms with E-state index in [0.29, 0.717) is 38.4 Å². The molecule has 1 saturated heterocycles. The van der Waals surface area contributed by atoms with E-state index in [-0.39, 0.29) is 12.0 Å². The number of pyridine rings is 1. The minimum Gasteiger partial charge on any atom is -0.488 e. The fourth-order valence-corrected chi connectivity index (χ4v) is 3.30. The summed E-state index contributed by atoms with van der Waals surface area (Å²) in [6, 6.07) is 9.76. The van der Waals surface area contributed by atoms with Gasteiger partial charge in [0.1, 0.15) is 11.9 Å². The quantitative estimate of drug-likeness (QED) is 0.916. The lowest BCUT2D eigenvalue weighted by molar-refractivity contribution is 0.0302. The van der Waals surface area contributed by atoms with Crippen LogP contribution in [0, 0.1) is 0 Å². The Balaban J connectivity index is 1.57. The smallest absolute Gasteiger partial charge is 0.255 e. The van der Waals surface area contributed by atoms with Gasteiger partial charge >= 0.3 is 0 Å². The van der Waals surface area contributed by atoms with Gasteiger partial charge in [0, 0.05) is 37.8 Å². The van der Waals surface area contributed by atoms with E-state index in [4.69, 9.17) is 15.2 Å². The van der Waals surface area contributed by atoms with Crippen molar-refractivity contribution in [2.45, 2.75) is 12.5 Å². The molecule has 1 amide bonds. The molecule has 0 radical (unpaired) electrons. The zero-order valence-electron chi connectivity index (χ0n) is 14.0. The van der Waals surface area contributed by atoms with Crippen molar-refractivity contribution in [1.29, 1.82) is 0 Å². The Morgan fingerprint density at radius 3 is 2.80 bits per heavy atom. The molecular formula is C19H21N3O3. The van der Waals surface area contributed by atoms with Crippen LogP contribution in [-0.2, 0) is 11.2 Å². The summed E-state index contributed by atoms with van der Waals surface area (Å²) in [5, 5.41) is 0. The SMILES string of the molecule is NC[C@H]1Cc2cccc(-c3ccc(C(=O)N4CCOCC4)cn3)c2O1. The minimum absolute atomic E-state index is 0.0000799. The van der Waals surface area contributed by atoms with Gasteiger partial charge in [-0.3, -0.25) is 9.78 Å². The van der Waals surface area contributed by atoms with E-state index in [2.05, 4.69) is 11.1 Å². The van der Waals surface area contributed by atoms with E-state index in [1.54, 1.807) is 11.1 Å². The van der Waals surface area contributed by atoms with Gasteiger partial charge in [-0.15, -0.1) is 0 Å². The number of aromatic nitrogens is 1. The molecule has 2 N–H and O–H groups in total. The maximum Gasteiger partial charge on any atom is 0.255 e. The summed E-state index contributed by atoms with van der Waals surface area (Å²) < 4.78 is 11.3. The number of hydrogen-bond acceptors (Lipinski definition) is 5. The van der Waals surface area contributed by atoms with Crippen LogP contribution in [0.25, 0.3) is 11.3 Å². The van der Waals surface area contributed by atoms with E-state index in [1.165, 1.54) is 0 Å². The highest BCUT2D eigenvalue weighted by Gasteiger charge is 2.25. The topological polar surface area (TPSA) is 77.7 Å². The van der Waals surface area contributed by atoms with E-state index < -0.39 is 0 Å². The molecule has 0 saturated carbocycles. The van der Waals surface area contributed by atoms with Gasteiger partial charge in [0.25, 0.3) is 5.91 Å². The number of amides is 1. The van der Waals surface area contributed by atoms with Crippen molar-refractivity contribution < 1.29 is 14.3 Å². The number of ether oxygens (including phenoxy) is 2. The van der Waals surface area contributed by atoms with Crippen LogP contribution >= 0.6 is 0 Å². The second kappa shape index (κ2) is 6.82. The number of carbonyl (C=O) groups excluding carboxylic acids is 1. The Kier molecular flexibility index (Phi) is 4.38. The summed E-state index contributed by atoms with van der Waals surface area (Å²) in [7, 11) is 0. The molecule has 0 bridgehead atoms. The lowest BCUT2D eigenvalue weighted by Gasteiger charge is -2.26. The number of morpholine rings is 1. The first-order valence-electron chi connectivity index (χ1n) is 8.58. The van der Waals surface area contributed by atoms with E-state index in [9.17, 15) is 4.79 Å². The molecule has 4 rings (SSSR count). The van der Waals surface area contributed by atoms with Gasteiger partial charge in [-0.2, -0.15) is 0 Å². The minimum atomic E-state index is 0.0000799. The van der Waals surface area contributed by atoms with E-state index in [0.717, 1.165) is 29.0 Å². The third kappa shape index (κ3) is 3.10. The Labute approximate surface area is 146 Å². The Bertz CT molecular complexity index is 770. The predicted molar refractivity (Wildman–Crippen MR) is 93.6 cm³/mol. The largest absolute Gasteiger partial charge is 0.488 e. The molecule has 1 atom stereocenters. The zero-order chi connectivity index (χ0) is 17.2. The number of nitrogens with zero attached hydrogens (tertiary/aromatic N) is 2. The van der Waals surface area contributed by atoms with Crippen molar-refractivity contribution in [3.05, 3.63) is 47.7 Å². The molecule has 2 aliphatic rings. The Hall–Kier alpha value is -2.44. The molecule has 0 unspecified atom stereocenters. The summed E-state index contributed by atoms with van der Waals surface area (Å²) in [5.41, 5.74) is 9.23. The van der Waals surface area contributed by atoms with Crippen LogP contribution in [0.5, 0.6) is 5.75 Å². The van der Waals surface area contributed by atoms with Crippen molar-refractivity contribution >= 4 is 5.91 Å². The molecule has 25 heavy (non-hydrogen) atoms. The molecule has 1 aromatic heterocycles. The van der Waals surface area contributed by atoms with Crippen molar-refractivity contribution in [3.63, 3.8) is 0 Å². The molecule has 3 heterocycles. The average Bonchev–Trinajstić information content (AvgIpc) is 3.12. The molecule has 0 aliphatic carbocycles. The van der Waals surface area contributed by atoms with Crippen LogP contribution in [0.4, 0.5) is 0 Å². The summed E-state index contributed by atoms with van der Waals surface area (Å²) >= 11 is 0. The van der Waals surface area contributed by atoms with Crippen molar-refractivity contribution in [2.24, 2.45) is 5.73 Å². The number of fused-ring (bicyclic) bond motifs is 1. The second-order valence-corrected chi connectivity index (χ2v) is 6.31. The lowest BCUT2D eigenvalue weighted by atomic mass is 10.0. The number of rotatable bonds is 3. The van der Waals surface area contributed by atoms with E-state index in [1.807, 2.05) is 24.3 Å². The van der Waals surface area contributed by atoms with Gasteiger partial charge in [-0.05, 0) is 23.8 Å². The highest BCUT2D eigenvalue weighted by atomic mass is 16.5. The maximum atomic E-state index is 12.5. The van der Waals surface area contributed by atoms with Gasteiger partial charge in [0.05, 0.1) is 24.5 Å². The fourth-order valence-electron chi connectivity index (χ4n) is 3.30. The van der Waals surface area contributed by atoms with Crippen molar-refractivity contribution in [1.82, 2.24) is 9.88 Å². The molecule has 130 valence electrons. The summed E-state index contributed by atoms with van der Waals surface area (Å²) in [4.78, 5) is 18.8. The van der Waals surface area contributed by atoms with E-state index >= 15 is 0 Å². The van der Waals surface area contributed by atoms with Crippen LogP contribution in [0.3, 0.4) is 0 Å². The number of carbonyl (C=O) groups is 1. The van der Waals surface area contributed by atoms with Crippen molar-refractivity contribution in [2.75, 3.05) is 32.8 Å². The van der Waals surface area contributed by atoms with Crippen LogP contribution < -0.4 is 10.5 Å². The number of hydrogen-bond donors (Lipinski definition) is 1. The summed E-state index contributed by atoms with van der Waals surface area (Å²) in [5.74, 6) is 0.859. The summed E-state index contributed by atoms with van der Waals surface area (Å²) in [6.45, 7) is 2.93. The fraction of sp³-hybridized carbons (Fsp3) is 0.368. The van der Waals surface area contributed by atoms with Crippen LogP contribution in [0.15, 0.2) is 36.5 Å². The molecule has 6 nitrogen and oxygen atoms in total.